The van der Waals surface area contributed by atoms with Crippen molar-refractivity contribution in [3.63, 3.8) is 0 Å². The van der Waals surface area contributed by atoms with E-state index in [0.717, 1.165) is 6.07 Å². The number of nitrogens with zero attached hydrogens (tertiary/aromatic N) is 1. The summed E-state index contributed by atoms with van der Waals surface area (Å²) in [4.78, 5) is 11.7. The van der Waals surface area contributed by atoms with E-state index in [2.05, 4.69) is 26.5 Å². The molecule has 6 heteroatoms. The molecule has 1 amide bonds. The average Bonchev–Trinajstić information content (AvgIpc) is 2.44. The molecule has 0 aliphatic heterocycles. The minimum absolute atomic E-state index is 0.158. The third kappa shape index (κ3) is 3.42. The quantitative estimate of drug-likeness (QED) is 0.668. The molecular weight excluding hydrogens is 327 g/mol. The third-order valence-electron chi connectivity index (χ3n) is 2.46. The maximum Gasteiger partial charge on any atom is 0.271 e. The van der Waals surface area contributed by atoms with Crippen molar-refractivity contribution in [1.29, 1.82) is 0 Å². The van der Waals surface area contributed by atoms with Crippen molar-refractivity contribution >= 4 is 28.1 Å². The van der Waals surface area contributed by atoms with Gasteiger partial charge in [0.2, 0.25) is 0 Å². The number of carbonyl (C=O) groups excluding carboxylic acids is 1. The topological polar surface area (TPSA) is 61.7 Å². The van der Waals surface area contributed by atoms with Gasteiger partial charge in [-0.2, -0.15) is 5.10 Å². The molecular formula is C14H10BrFN2O2. The Morgan fingerprint density at radius 2 is 2.00 bits per heavy atom. The van der Waals surface area contributed by atoms with Gasteiger partial charge >= 0.3 is 0 Å². The predicted octanol–water partition coefficient (Wildman–Crippen LogP) is 3.06. The Labute approximate surface area is 123 Å². The molecule has 0 unspecified atom stereocenters. The Morgan fingerprint density at radius 3 is 2.70 bits per heavy atom. The van der Waals surface area contributed by atoms with Gasteiger partial charge in [-0.15, -0.1) is 0 Å². The number of aromatic hydroxyl groups is 1. The van der Waals surface area contributed by atoms with Crippen LogP contribution in [0.2, 0.25) is 0 Å². The number of phenolic OH excluding ortho intramolecular Hbond substituents is 1. The lowest BCUT2D eigenvalue weighted by atomic mass is 10.2. The summed E-state index contributed by atoms with van der Waals surface area (Å²) in [6, 6.07) is 11.2. The number of amides is 1. The van der Waals surface area contributed by atoms with Crippen molar-refractivity contribution in [1.82, 2.24) is 5.43 Å². The van der Waals surface area contributed by atoms with Gasteiger partial charge in [0.25, 0.3) is 5.91 Å². The standard InChI is InChI=1S/C14H10BrFN2O2/c15-11-6-10(13(19)12(16)7-11)8-17-18-14(20)9-4-2-1-3-5-9/h1-8,19H,(H,18,20)/b17-8+. The Balaban J connectivity index is 2.10. The second-order valence-electron chi connectivity index (χ2n) is 3.89. The Hall–Kier alpha value is -2.21. The number of phenols is 1. The number of carbonyl (C=O) groups is 1. The smallest absolute Gasteiger partial charge is 0.271 e. The number of benzene rings is 2. The molecule has 0 aliphatic rings. The Bertz CT molecular complexity index is 660. The van der Waals surface area contributed by atoms with E-state index in [1.165, 1.54) is 12.3 Å². The molecule has 0 spiro atoms. The number of hydrazone groups is 1. The second kappa shape index (κ2) is 6.29. The van der Waals surface area contributed by atoms with Crippen LogP contribution in [-0.2, 0) is 0 Å². The van der Waals surface area contributed by atoms with Gasteiger partial charge in [0.15, 0.2) is 11.6 Å². The molecule has 0 saturated carbocycles. The van der Waals surface area contributed by atoms with Crippen LogP contribution >= 0.6 is 15.9 Å². The summed E-state index contributed by atoms with van der Waals surface area (Å²) in [5.41, 5.74) is 2.91. The zero-order chi connectivity index (χ0) is 14.5. The van der Waals surface area contributed by atoms with Crippen LogP contribution in [0.25, 0.3) is 0 Å². The predicted molar refractivity (Wildman–Crippen MR) is 77.3 cm³/mol. The van der Waals surface area contributed by atoms with E-state index in [0.29, 0.717) is 10.0 Å². The van der Waals surface area contributed by atoms with E-state index in [9.17, 15) is 14.3 Å². The molecule has 102 valence electrons. The van der Waals surface area contributed by atoms with Gasteiger partial charge < -0.3 is 5.11 Å². The lowest BCUT2D eigenvalue weighted by Crippen LogP contribution is -2.17. The first kappa shape index (κ1) is 14.2. The van der Waals surface area contributed by atoms with E-state index in [1.54, 1.807) is 30.3 Å². The molecule has 0 fully saturated rings. The zero-order valence-electron chi connectivity index (χ0n) is 10.2. The van der Waals surface area contributed by atoms with Crippen LogP contribution in [0.4, 0.5) is 4.39 Å². The fraction of sp³-hybridized carbons (Fsp3) is 0. The van der Waals surface area contributed by atoms with Crippen molar-refractivity contribution in [3.05, 3.63) is 63.9 Å². The van der Waals surface area contributed by atoms with Crippen LogP contribution in [0, 0.1) is 5.82 Å². The van der Waals surface area contributed by atoms with E-state index < -0.39 is 17.5 Å². The maximum absolute atomic E-state index is 13.3. The summed E-state index contributed by atoms with van der Waals surface area (Å²) in [6.45, 7) is 0. The second-order valence-corrected chi connectivity index (χ2v) is 4.81. The number of rotatable bonds is 3. The summed E-state index contributed by atoms with van der Waals surface area (Å²) in [7, 11) is 0. The Kier molecular flexibility index (Phi) is 4.47. The number of hydrogen-bond donors (Lipinski definition) is 2. The fourth-order valence-electron chi connectivity index (χ4n) is 1.50. The van der Waals surface area contributed by atoms with Crippen LogP contribution < -0.4 is 5.43 Å². The number of hydrogen-bond acceptors (Lipinski definition) is 3. The first-order valence-electron chi connectivity index (χ1n) is 5.64. The molecule has 2 aromatic rings. The number of halogens is 2. The summed E-state index contributed by atoms with van der Waals surface area (Å²) < 4.78 is 13.7. The summed E-state index contributed by atoms with van der Waals surface area (Å²) in [5.74, 6) is -1.68. The van der Waals surface area contributed by atoms with Crippen molar-refractivity contribution < 1.29 is 14.3 Å². The van der Waals surface area contributed by atoms with E-state index in [-0.39, 0.29) is 5.56 Å². The third-order valence-corrected chi connectivity index (χ3v) is 2.92. The first-order valence-corrected chi connectivity index (χ1v) is 6.43. The highest BCUT2D eigenvalue weighted by Gasteiger charge is 2.07. The summed E-state index contributed by atoms with van der Waals surface area (Å²) in [6.07, 6.45) is 1.17. The van der Waals surface area contributed by atoms with Crippen molar-refractivity contribution in [2.24, 2.45) is 5.10 Å². The van der Waals surface area contributed by atoms with E-state index in [1.807, 2.05) is 0 Å². The van der Waals surface area contributed by atoms with Gasteiger partial charge in [-0.3, -0.25) is 4.79 Å². The highest BCUT2D eigenvalue weighted by atomic mass is 79.9. The zero-order valence-corrected chi connectivity index (χ0v) is 11.8. The van der Waals surface area contributed by atoms with Gasteiger partial charge in [0, 0.05) is 15.6 Å². The minimum Gasteiger partial charge on any atom is -0.504 e. The highest BCUT2D eigenvalue weighted by molar-refractivity contribution is 9.10. The highest BCUT2D eigenvalue weighted by Crippen LogP contribution is 2.24. The maximum atomic E-state index is 13.3. The Morgan fingerprint density at radius 1 is 1.30 bits per heavy atom. The molecule has 4 nitrogen and oxygen atoms in total. The molecule has 0 atom stereocenters. The SMILES string of the molecule is O=C(N/N=C/c1cc(Br)cc(F)c1O)c1ccccc1. The molecule has 0 saturated heterocycles. The average molecular weight is 337 g/mol. The summed E-state index contributed by atoms with van der Waals surface area (Å²) in [5, 5.41) is 13.2. The molecule has 0 radical (unpaired) electrons. The molecule has 0 heterocycles. The first-order chi connectivity index (χ1) is 9.58. The minimum atomic E-state index is -0.768. The largest absolute Gasteiger partial charge is 0.504 e. The summed E-state index contributed by atoms with van der Waals surface area (Å²) >= 11 is 3.10. The number of nitrogens with one attached hydrogen (secondary N) is 1. The van der Waals surface area contributed by atoms with Crippen LogP contribution in [0.5, 0.6) is 5.75 Å². The van der Waals surface area contributed by atoms with E-state index >= 15 is 0 Å². The van der Waals surface area contributed by atoms with Crippen molar-refractivity contribution in [3.8, 4) is 5.75 Å². The molecule has 2 aromatic carbocycles. The monoisotopic (exact) mass is 336 g/mol. The van der Waals surface area contributed by atoms with Crippen LogP contribution in [0.15, 0.2) is 52.0 Å². The van der Waals surface area contributed by atoms with Crippen LogP contribution in [0.1, 0.15) is 15.9 Å². The molecule has 20 heavy (non-hydrogen) atoms. The molecule has 0 bridgehead atoms. The lowest BCUT2D eigenvalue weighted by molar-refractivity contribution is 0.0955. The van der Waals surface area contributed by atoms with Crippen molar-refractivity contribution in [2.75, 3.05) is 0 Å². The van der Waals surface area contributed by atoms with Crippen molar-refractivity contribution in [2.45, 2.75) is 0 Å². The van der Waals surface area contributed by atoms with E-state index in [4.69, 9.17) is 0 Å². The van der Waals surface area contributed by atoms with Crippen LogP contribution in [-0.4, -0.2) is 17.2 Å². The lowest BCUT2D eigenvalue weighted by Gasteiger charge is -2.02. The van der Waals surface area contributed by atoms with Crippen LogP contribution in [0.3, 0.4) is 0 Å². The fourth-order valence-corrected chi connectivity index (χ4v) is 1.95. The van der Waals surface area contributed by atoms with Gasteiger partial charge in [-0.25, -0.2) is 9.82 Å². The molecule has 0 aromatic heterocycles. The van der Waals surface area contributed by atoms with Gasteiger partial charge in [-0.05, 0) is 24.3 Å². The molecule has 2 N–H and O–H groups in total. The van der Waals surface area contributed by atoms with Gasteiger partial charge in [-0.1, -0.05) is 34.1 Å². The molecule has 2 rings (SSSR count). The van der Waals surface area contributed by atoms with Gasteiger partial charge in [0.05, 0.1) is 6.21 Å². The normalized spacial score (nSPS) is 10.7. The van der Waals surface area contributed by atoms with Gasteiger partial charge in [0.1, 0.15) is 0 Å². The molecule has 0 aliphatic carbocycles.